The molecule has 1 amide bonds. The minimum Gasteiger partial charge on any atom is -0.495 e. The zero-order chi connectivity index (χ0) is 22.4. The van der Waals surface area contributed by atoms with Crippen molar-refractivity contribution < 1.29 is 19.2 Å². The molecular formula is C21H20N4O6. The lowest BCUT2D eigenvalue weighted by Crippen LogP contribution is -2.29. The second-order valence-corrected chi connectivity index (χ2v) is 6.36. The molecule has 0 radical (unpaired) electrons. The number of anilines is 1. The summed E-state index contributed by atoms with van der Waals surface area (Å²) in [7, 11) is 1.38. The normalized spacial score (nSPS) is 10.4. The van der Waals surface area contributed by atoms with Crippen LogP contribution < -0.4 is 20.3 Å². The van der Waals surface area contributed by atoms with Crippen molar-refractivity contribution in [1.29, 1.82) is 0 Å². The Morgan fingerprint density at radius 2 is 1.90 bits per heavy atom. The third-order valence-corrected chi connectivity index (χ3v) is 4.29. The van der Waals surface area contributed by atoms with Gasteiger partial charge in [-0.05, 0) is 43.3 Å². The van der Waals surface area contributed by atoms with Gasteiger partial charge in [0.1, 0.15) is 18.0 Å². The first-order valence-electron chi connectivity index (χ1n) is 9.35. The summed E-state index contributed by atoms with van der Waals surface area (Å²) < 4.78 is 11.6. The van der Waals surface area contributed by atoms with E-state index in [1.165, 1.54) is 31.4 Å². The smallest absolute Gasteiger partial charge is 0.271 e. The highest BCUT2D eigenvalue weighted by Crippen LogP contribution is 2.28. The molecule has 2 aromatic carbocycles. The quantitative estimate of drug-likeness (QED) is 0.435. The van der Waals surface area contributed by atoms with Crippen molar-refractivity contribution in [2.45, 2.75) is 13.5 Å². The number of carbonyl (C=O) groups excluding carboxylic acids is 1. The number of nitrogens with zero attached hydrogens (tertiary/aromatic N) is 3. The molecule has 0 aliphatic rings. The lowest BCUT2D eigenvalue weighted by molar-refractivity contribution is -0.384. The van der Waals surface area contributed by atoms with Gasteiger partial charge in [0.2, 0.25) is 5.91 Å². The number of amides is 1. The summed E-state index contributed by atoms with van der Waals surface area (Å²) in [6.45, 7) is 2.06. The Hall–Kier alpha value is -4.21. The van der Waals surface area contributed by atoms with Gasteiger partial charge in [-0.3, -0.25) is 19.7 Å². The van der Waals surface area contributed by atoms with Gasteiger partial charge in [-0.25, -0.2) is 4.68 Å². The predicted molar refractivity (Wildman–Crippen MR) is 113 cm³/mol. The predicted octanol–water partition coefficient (Wildman–Crippen LogP) is 2.86. The number of nitro benzene ring substituents is 1. The van der Waals surface area contributed by atoms with Crippen molar-refractivity contribution >= 4 is 17.3 Å². The van der Waals surface area contributed by atoms with Gasteiger partial charge in [-0.1, -0.05) is 0 Å². The van der Waals surface area contributed by atoms with E-state index >= 15 is 0 Å². The minimum atomic E-state index is -0.586. The van der Waals surface area contributed by atoms with E-state index in [2.05, 4.69) is 10.4 Å². The van der Waals surface area contributed by atoms with Gasteiger partial charge in [-0.15, -0.1) is 0 Å². The van der Waals surface area contributed by atoms with Crippen molar-refractivity contribution in [3.63, 3.8) is 0 Å². The Bertz CT molecular complexity index is 1160. The summed E-state index contributed by atoms with van der Waals surface area (Å²) in [5.74, 6) is 0.379. The Kier molecular flexibility index (Phi) is 6.61. The van der Waals surface area contributed by atoms with Gasteiger partial charge < -0.3 is 14.8 Å². The van der Waals surface area contributed by atoms with Crippen molar-refractivity contribution in [3.8, 4) is 22.8 Å². The number of methoxy groups -OCH3 is 1. The number of nitrogens with one attached hydrogen (secondary N) is 1. The van der Waals surface area contributed by atoms with Crippen LogP contribution in [-0.4, -0.2) is 34.3 Å². The molecule has 0 saturated carbocycles. The lowest BCUT2D eigenvalue weighted by Gasteiger charge is -2.11. The fraction of sp³-hybridized carbons (Fsp3) is 0.190. The van der Waals surface area contributed by atoms with E-state index in [4.69, 9.17) is 9.47 Å². The fourth-order valence-electron chi connectivity index (χ4n) is 2.84. The molecule has 31 heavy (non-hydrogen) atoms. The first kappa shape index (κ1) is 21.5. The van der Waals surface area contributed by atoms with E-state index < -0.39 is 16.4 Å². The molecule has 1 N–H and O–H groups in total. The Balaban J connectivity index is 1.80. The highest BCUT2D eigenvalue weighted by molar-refractivity contribution is 5.92. The molecule has 0 aliphatic heterocycles. The first-order chi connectivity index (χ1) is 14.9. The highest BCUT2D eigenvalue weighted by atomic mass is 16.6. The molecule has 0 aliphatic carbocycles. The van der Waals surface area contributed by atoms with Crippen LogP contribution in [0.2, 0.25) is 0 Å². The molecule has 0 unspecified atom stereocenters. The maximum absolute atomic E-state index is 12.5. The number of ether oxygens (including phenoxy) is 2. The fourth-order valence-corrected chi connectivity index (χ4v) is 2.84. The van der Waals surface area contributed by atoms with Gasteiger partial charge in [0, 0.05) is 23.8 Å². The number of non-ortho nitro benzene ring substituents is 1. The minimum absolute atomic E-state index is 0.123. The number of rotatable bonds is 8. The molecule has 0 atom stereocenters. The molecule has 160 valence electrons. The first-order valence-corrected chi connectivity index (χ1v) is 9.35. The van der Waals surface area contributed by atoms with E-state index in [0.29, 0.717) is 18.1 Å². The monoisotopic (exact) mass is 424 g/mol. The van der Waals surface area contributed by atoms with Crippen LogP contribution in [0.15, 0.2) is 59.4 Å². The van der Waals surface area contributed by atoms with E-state index in [1.807, 2.05) is 6.92 Å². The molecule has 0 spiro atoms. The van der Waals surface area contributed by atoms with E-state index in [1.54, 1.807) is 30.3 Å². The van der Waals surface area contributed by atoms with Crippen LogP contribution in [0.25, 0.3) is 11.3 Å². The Morgan fingerprint density at radius 3 is 2.55 bits per heavy atom. The maximum Gasteiger partial charge on any atom is 0.271 e. The summed E-state index contributed by atoms with van der Waals surface area (Å²) in [4.78, 5) is 35.1. The topological polar surface area (TPSA) is 126 Å². The van der Waals surface area contributed by atoms with Crippen LogP contribution in [0, 0.1) is 10.1 Å². The van der Waals surface area contributed by atoms with Crippen LogP contribution in [0.4, 0.5) is 11.4 Å². The number of hydrogen-bond acceptors (Lipinski definition) is 7. The molecule has 0 fully saturated rings. The summed E-state index contributed by atoms with van der Waals surface area (Å²) in [5, 5.41) is 17.8. The van der Waals surface area contributed by atoms with Crippen molar-refractivity contribution in [1.82, 2.24) is 9.78 Å². The second kappa shape index (κ2) is 9.53. The molecule has 10 heteroatoms. The Morgan fingerprint density at radius 1 is 1.16 bits per heavy atom. The number of aromatic nitrogens is 2. The second-order valence-electron chi connectivity index (χ2n) is 6.36. The maximum atomic E-state index is 12.5. The Labute approximate surface area is 177 Å². The van der Waals surface area contributed by atoms with Gasteiger partial charge in [0.15, 0.2) is 0 Å². The number of nitro groups is 1. The van der Waals surface area contributed by atoms with Crippen LogP contribution in [0.5, 0.6) is 11.5 Å². The summed E-state index contributed by atoms with van der Waals surface area (Å²) >= 11 is 0. The molecular weight excluding hydrogens is 404 g/mol. The van der Waals surface area contributed by atoms with Crippen LogP contribution >= 0.6 is 0 Å². The van der Waals surface area contributed by atoms with Gasteiger partial charge >= 0.3 is 0 Å². The van der Waals surface area contributed by atoms with Gasteiger partial charge in [0.05, 0.1) is 30.0 Å². The summed E-state index contributed by atoms with van der Waals surface area (Å²) in [6.07, 6.45) is 0. The molecule has 1 heterocycles. The number of benzene rings is 2. The van der Waals surface area contributed by atoms with Gasteiger partial charge in [-0.2, -0.15) is 5.10 Å². The molecule has 3 rings (SSSR count). The molecule has 3 aromatic rings. The largest absolute Gasteiger partial charge is 0.495 e. The van der Waals surface area contributed by atoms with Gasteiger partial charge in [0.25, 0.3) is 11.2 Å². The molecule has 10 nitrogen and oxygen atoms in total. The van der Waals surface area contributed by atoms with E-state index in [0.717, 1.165) is 10.2 Å². The highest BCUT2D eigenvalue weighted by Gasteiger charge is 2.15. The average Bonchev–Trinajstić information content (AvgIpc) is 2.76. The van der Waals surface area contributed by atoms with Crippen LogP contribution in [-0.2, 0) is 11.3 Å². The summed E-state index contributed by atoms with van der Waals surface area (Å²) in [5.41, 5.74) is 0.707. The third kappa shape index (κ3) is 5.24. The van der Waals surface area contributed by atoms with Crippen molar-refractivity contribution in [2.75, 3.05) is 19.0 Å². The SMILES string of the molecule is CCOc1ccc(-c2ccc(=O)n(CC(=O)Nc3cc([N+](=O)[O-])ccc3OC)n2)cc1. The zero-order valence-corrected chi connectivity index (χ0v) is 16.9. The van der Waals surface area contributed by atoms with E-state index in [-0.39, 0.29) is 23.7 Å². The van der Waals surface area contributed by atoms with E-state index in [9.17, 15) is 19.7 Å². The average molecular weight is 424 g/mol. The molecule has 1 aromatic heterocycles. The van der Waals surface area contributed by atoms with Crippen molar-refractivity contribution in [2.24, 2.45) is 0 Å². The zero-order valence-electron chi connectivity index (χ0n) is 16.9. The van der Waals surface area contributed by atoms with Crippen molar-refractivity contribution in [3.05, 3.63) is 75.1 Å². The third-order valence-electron chi connectivity index (χ3n) is 4.29. The molecule has 0 bridgehead atoms. The number of carbonyl (C=O) groups is 1. The summed E-state index contributed by atoms with van der Waals surface area (Å²) in [6, 6.07) is 13.9. The molecule has 0 saturated heterocycles. The number of hydrogen-bond donors (Lipinski definition) is 1. The standard InChI is InChI=1S/C21H20N4O6/c1-3-31-16-7-4-14(5-8-16)17-9-11-21(27)24(23-17)13-20(26)22-18-12-15(25(28)29)6-10-19(18)30-2/h4-12H,3,13H2,1-2H3,(H,22,26). The van der Waals surface area contributed by atoms with Crippen LogP contribution in [0.3, 0.4) is 0 Å². The lowest BCUT2D eigenvalue weighted by atomic mass is 10.1. The van der Waals surface area contributed by atoms with Crippen LogP contribution in [0.1, 0.15) is 6.92 Å².